The molecule has 116 valence electrons. The fourth-order valence-corrected chi connectivity index (χ4v) is 4.38. The Bertz CT molecular complexity index is 934. The molecule has 2 aromatic heterocycles. The molecule has 4 nitrogen and oxygen atoms in total. The number of fused-ring (bicyclic) bond motifs is 3. The van der Waals surface area contributed by atoms with Gasteiger partial charge in [-0.15, -0.1) is 21.5 Å². The van der Waals surface area contributed by atoms with Crippen LogP contribution < -0.4 is 0 Å². The number of hydrogen-bond donors (Lipinski definition) is 0. The highest BCUT2D eigenvalue weighted by molar-refractivity contribution is 9.10. The number of aryl methyl sites for hydroxylation is 2. The van der Waals surface area contributed by atoms with Crippen molar-refractivity contribution in [1.29, 1.82) is 0 Å². The van der Waals surface area contributed by atoms with Gasteiger partial charge in [-0.2, -0.15) is 0 Å². The van der Waals surface area contributed by atoms with Crippen molar-refractivity contribution in [3.63, 3.8) is 0 Å². The lowest BCUT2D eigenvalue weighted by Gasteiger charge is -2.09. The zero-order chi connectivity index (χ0) is 16.1. The molecule has 0 aliphatic carbocycles. The Morgan fingerprint density at radius 2 is 1.83 bits per heavy atom. The van der Waals surface area contributed by atoms with Crippen molar-refractivity contribution in [2.45, 2.75) is 27.3 Å². The maximum absolute atomic E-state index is 4.88. The van der Waals surface area contributed by atoms with Gasteiger partial charge in [0.15, 0.2) is 5.82 Å². The molecule has 3 heterocycles. The van der Waals surface area contributed by atoms with Crippen molar-refractivity contribution < 1.29 is 0 Å². The fraction of sp³-hybridized carbons (Fsp3) is 0.235. The largest absolute Gasteiger partial charge is 0.276 e. The number of nitrogens with zero attached hydrogens (tertiary/aromatic N) is 4. The summed E-state index contributed by atoms with van der Waals surface area (Å²) in [6.07, 6.45) is 0. The van der Waals surface area contributed by atoms with E-state index in [1.807, 2.05) is 6.92 Å². The Morgan fingerprint density at radius 3 is 2.57 bits per heavy atom. The van der Waals surface area contributed by atoms with E-state index < -0.39 is 0 Å². The van der Waals surface area contributed by atoms with Gasteiger partial charge in [-0.3, -0.25) is 9.56 Å². The van der Waals surface area contributed by atoms with Crippen LogP contribution in [-0.2, 0) is 6.54 Å². The molecule has 0 unspecified atom stereocenters. The minimum Gasteiger partial charge on any atom is -0.276 e. The summed E-state index contributed by atoms with van der Waals surface area (Å²) in [5, 5.41) is 9.71. The van der Waals surface area contributed by atoms with Gasteiger partial charge in [-0.25, -0.2) is 0 Å². The molecular weight excluding hydrogens is 372 g/mol. The molecule has 0 saturated heterocycles. The number of hydrogen-bond acceptors (Lipinski definition) is 4. The normalized spacial score (nSPS) is 13.3. The SMILES string of the molecule is Cc1sc2c(c1C)C(c1ccc(Br)cc1)=NCc1nnc(C)n1-2. The van der Waals surface area contributed by atoms with Gasteiger partial charge in [0.05, 0.1) is 5.71 Å². The zero-order valence-corrected chi connectivity index (χ0v) is 15.5. The number of rotatable bonds is 1. The first kappa shape index (κ1) is 14.8. The molecule has 6 heteroatoms. The van der Waals surface area contributed by atoms with Crippen LogP contribution in [0.3, 0.4) is 0 Å². The number of benzene rings is 1. The van der Waals surface area contributed by atoms with Gasteiger partial charge in [0.1, 0.15) is 17.4 Å². The molecule has 1 aliphatic heterocycles. The van der Waals surface area contributed by atoms with Crippen molar-refractivity contribution in [1.82, 2.24) is 14.8 Å². The molecule has 1 aromatic carbocycles. The van der Waals surface area contributed by atoms with Gasteiger partial charge in [-0.05, 0) is 38.5 Å². The van der Waals surface area contributed by atoms with Crippen LogP contribution in [0.5, 0.6) is 0 Å². The lowest BCUT2D eigenvalue weighted by molar-refractivity contribution is 0.869. The second-order valence-corrected chi connectivity index (χ2v) is 7.75. The van der Waals surface area contributed by atoms with Crippen LogP contribution >= 0.6 is 27.3 Å². The van der Waals surface area contributed by atoms with Crippen molar-refractivity contribution in [2.24, 2.45) is 4.99 Å². The van der Waals surface area contributed by atoms with Crippen LogP contribution in [0.1, 0.15) is 33.2 Å². The van der Waals surface area contributed by atoms with Gasteiger partial charge in [0, 0.05) is 20.5 Å². The zero-order valence-electron chi connectivity index (χ0n) is 13.1. The van der Waals surface area contributed by atoms with Gasteiger partial charge in [0.2, 0.25) is 0 Å². The van der Waals surface area contributed by atoms with Crippen LogP contribution in [-0.4, -0.2) is 20.5 Å². The van der Waals surface area contributed by atoms with Gasteiger partial charge in [0.25, 0.3) is 0 Å². The highest BCUT2D eigenvalue weighted by Crippen LogP contribution is 2.36. The molecule has 0 bridgehead atoms. The number of aromatic nitrogens is 3. The lowest BCUT2D eigenvalue weighted by Crippen LogP contribution is -2.07. The summed E-state index contributed by atoms with van der Waals surface area (Å²) in [6.45, 7) is 6.87. The third kappa shape index (κ3) is 2.28. The van der Waals surface area contributed by atoms with E-state index in [1.54, 1.807) is 11.3 Å². The summed E-state index contributed by atoms with van der Waals surface area (Å²) in [5.41, 5.74) is 4.66. The standard InChI is InChI=1S/C17H15BrN4S/c1-9-10(2)23-17-15(9)16(12-4-6-13(18)7-5-12)19-8-14-21-20-11(3)22(14)17/h4-7H,8H2,1-3H3. The Balaban J connectivity index is 2.00. The summed E-state index contributed by atoms with van der Waals surface area (Å²) >= 11 is 5.29. The molecule has 1 aliphatic rings. The predicted molar refractivity (Wildman–Crippen MR) is 96.9 cm³/mol. The summed E-state index contributed by atoms with van der Waals surface area (Å²) in [5.74, 6) is 1.81. The molecule has 0 radical (unpaired) electrons. The highest BCUT2D eigenvalue weighted by Gasteiger charge is 2.26. The molecule has 0 saturated carbocycles. The summed E-state index contributed by atoms with van der Waals surface area (Å²) in [6, 6.07) is 8.33. The molecule has 0 fully saturated rings. The van der Waals surface area contributed by atoms with Crippen LogP contribution in [0.25, 0.3) is 5.00 Å². The van der Waals surface area contributed by atoms with Crippen LogP contribution in [0, 0.1) is 20.8 Å². The summed E-state index contributed by atoms with van der Waals surface area (Å²) in [4.78, 5) is 6.18. The molecule has 23 heavy (non-hydrogen) atoms. The average molecular weight is 387 g/mol. The van der Waals surface area contributed by atoms with E-state index in [0.717, 1.165) is 27.4 Å². The van der Waals surface area contributed by atoms with Gasteiger partial charge < -0.3 is 0 Å². The van der Waals surface area contributed by atoms with Gasteiger partial charge >= 0.3 is 0 Å². The van der Waals surface area contributed by atoms with E-state index in [4.69, 9.17) is 4.99 Å². The quantitative estimate of drug-likeness (QED) is 0.623. The second kappa shape index (κ2) is 5.39. The molecular formula is C17H15BrN4S. The first-order valence-corrected chi connectivity index (χ1v) is 8.99. The monoisotopic (exact) mass is 386 g/mol. The molecule has 0 spiro atoms. The van der Waals surface area contributed by atoms with Crippen LogP contribution in [0.2, 0.25) is 0 Å². The Hall–Kier alpha value is -1.79. The molecule has 0 amide bonds. The Kier molecular flexibility index (Phi) is 3.46. The van der Waals surface area contributed by atoms with Crippen LogP contribution in [0.15, 0.2) is 33.7 Å². The minimum atomic E-state index is 0.548. The first-order chi connectivity index (χ1) is 11.1. The third-order valence-electron chi connectivity index (χ3n) is 4.19. The van der Waals surface area contributed by atoms with Crippen molar-refractivity contribution in [2.75, 3.05) is 0 Å². The number of halogens is 1. The van der Waals surface area contributed by atoms with E-state index >= 15 is 0 Å². The first-order valence-electron chi connectivity index (χ1n) is 7.38. The van der Waals surface area contributed by atoms with Gasteiger partial charge in [-0.1, -0.05) is 28.1 Å². The van der Waals surface area contributed by atoms with Crippen molar-refractivity contribution >= 4 is 33.0 Å². The summed E-state index contributed by atoms with van der Waals surface area (Å²) in [7, 11) is 0. The fourth-order valence-electron chi connectivity index (χ4n) is 2.89. The van der Waals surface area contributed by atoms with Crippen molar-refractivity contribution in [3.05, 3.63) is 62.0 Å². The maximum Gasteiger partial charge on any atom is 0.160 e. The molecule has 0 atom stereocenters. The Labute approximate surface area is 147 Å². The Morgan fingerprint density at radius 1 is 1.09 bits per heavy atom. The van der Waals surface area contributed by atoms with Crippen LogP contribution in [0.4, 0.5) is 0 Å². The smallest absolute Gasteiger partial charge is 0.160 e. The number of thiophene rings is 1. The van der Waals surface area contributed by atoms with Crippen molar-refractivity contribution in [3.8, 4) is 5.00 Å². The van der Waals surface area contributed by atoms with E-state index in [2.05, 4.69) is 68.8 Å². The van der Waals surface area contributed by atoms with E-state index in [-0.39, 0.29) is 0 Å². The second-order valence-electron chi connectivity index (χ2n) is 5.63. The minimum absolute atomic E-state index is 0.548. The average Bonchev–Trinajstić information content (AvgIpc) is 2.97. The summed E-state index contributed by atoms with van der Waals surface area (Å²) < 4.78 is 3.22. The molecule has 3 aromatic rings. The van der Waals surface area contributed by atoms with E-state index in [0.29, 0.717) is 6.54 Å². The topological polar surface area (TPSA) is 43.1 Å². The predicted octanol–water partition coefficient (Wildman–Crippen LogP) is 4.37. The van der Waals surface area contributed by atoms with E-state index in [1.165, 1.54) is 21.0 Å². The molecule has 4 rings (SSSR count). The lowest BCUT2D eigenvalue weighted by atomic mass is 10.00. The third-order valence-corrected chi connectivity index (χ3v) is 5.92. The van der Waals surface area contributed by atoms with E-state index in [9.17, 15) is 0 Å². The maximum atomic E-state index is 4.88. The highest BCUT2D eigenvalue weighted by atomic mass is 79.9. The molecule has 0 N–H and O–H groups in total. The number of aliphatic imine (C=N–C) groups is 1.